The van der Waals surface area contributed by atoms with Crippen LogP contribution in [-0.2, 0) is 9.53 Å². The summed E-state index contributed by atoms with van der Waals surface area (Å²) in [5.41, 5.74) is 0. The van der Waals surface area contributed by atoms with Gasteiger partial charge in [0.2, 0.25) is 5.91 Å². The van der Waals surface area contributed by atoms with Crippen molar-refractivity contribution in [1.29, 1.82) is 0 Å². The van der Waals surface area contributed by atoms with Gasteiger partial charge in [-0.15, -0.1) is 11.3 Å². The summed E-state index contributed by atoms with van der Waals surface area (Å²) in [6.07, 6.45) is 8.04. The standard InChI is InChI=1S/C15H23N3O2S/c19-14(9-12-3-1-2-8-20-12)18-15-17-10-13(21-15)11-4-6-16-7-5-11/h10-12,16H,1-9H2,(H,17,18,19). The molecule has 1 unspecified atom stereocenters. The number of piperidine rings is 1. The highest BCUT2D eigenvalue weighted by atomic mass is 32.1. The predicted molar refractivity (Wildman–Crippen MR) is 83.8 cm³/mol. The van der Waals surface area contributed by atoms with E-state index in [9.17, 15) is 4.79 Å². The van der Waals surface area contributed by atoms with Crippen LogP contribution in [0.3, 0.4) is 0 Å². The van der Waals surface area contributed by atoms with Gasteiger partial charge in [-0.05, 0) is 51.1 Å². The molecule has 2 aliphatic heterocycles. The van der Waals surface area contributed by atoms with Crippen LogP contribution in [0.15, 0.2) is 6.20 Å². The van der Waals surface area contributed by atoms with Crippen molar-refractivity contribution in [3.8, 4) is 0 Å². The molecule has 2 fully saturated rings. The minimum atomic E-state index is 0.0214. The summed E-state index contributed by atoms with van der Waals surface area (Å²) in [5, 5.41) is 7.02. The minimum Gasteiger partial charge on any atom is -0.378 e. The highest BCUT2D eigenvalue weighted by Crippen LogP contribution is 2.31. The van der Waals surface area contributed by atoms with E-state index in [2.05, 4.69) is 15.6 Å². The van der Waals surface area contributed by atoms with Crippen molar-refractivity contribution in [2.24, 2.45) is 0 Å². The molecule has 2 N–H and O–H groups in total. The fraction of sp³-hybridized carbons (Fsp3) is 0.733. The van der Waals surface area contributed by atoms with Gasteiger partial charge in [-0.1, -0.05) is 0 Å². The van der Waals surface area contributed by atoms with Crippen molar-refractivity contribution in [3.63, 3.8) is 0 Å². The third-order valence-corrected chi connectivity index (χ3v) is 5.27. The van der Waals surface area contributed by atoms with Gasteiger partial charge in [-0.2, -0.15) is 0 Å². The molecule has 2 saturated heterocycles. The van der Waals surface area contributed by atoms with Crippen LogP contribution in [0.2, 0.25) is 0 Å². The molecule has 0 saturated carbocycles. The van der Waals surface area contributed by atoms with Gasteiger partial charge in [0.1, 0.15) is 0 Å². The first-order valence-electron chi connectivity index (χ1n) is 7.89. The average Bonchev–Trinajstić information content (AvgIpc) is 2.97. The highest BCUT2D eigenvalue weighted by Gasteiger charge is 2.20. The largest absolute Gasteiger partial charge is 0.378 e. The molecule has 2 aliphatic rings. The third kappa shape index (κ3) is 4.25. The maximum atomic E-state index is 12.0. The summed E-state index contributed by atoms with van der Waals surface area (Å²) in [6.45, 7) is 2.93. The Balaban J connectivity index is 1.50. The van der Waals surface area contributed by atoms with Crippen molar-refractivity contribution in [3.05, 3.63) is 11.1 Å². The molecule has 1 aromatic rings. The van der Waals surface area contributed by atoms with E-state index in [1.165, 1.54) is 4.88 Å². The van der Waals surface area contributed by atoms with Crippen LogP contribution in [0.1, 0.15) is 49.3 Å². The molecular weight excluding hydrogens is 286 g/mol. The van der Waals surface area contributed by atoms with Gasteiger partial charge in [-0.25, -0.2) is 4.98 Å². The normalized spacial score (nSPS) is 23.9. The zero-order valence-electron chi connectivity index (χ0n) is 12.3. The molecule has 1 atom stereocenters. The fourth-order valence-corrected chi connectivity index (χ4v) is 3.99. The molecule has 3 heterocycles. The van der Waals surface area contributed by atoms with Gasteiger partial charge in [-0.3, -0.25) is 4.79 Å². The van der Waals surface area contributed by atoms with Crippen molar-refractivity contribution in [1.82, 2.24) is 10.3 Å². The van der Waals surface area contributed by atoms with Gasteiger partial charge in [0.05, 0.1) is 12.5 Å². The first-order chi connectivity index (χ1) is 10.3. The van der Waals surface area contributed by atoms with Gasteiger partial charge in [0, 0.05) is 17.7 Å². The number of ether oxygens (including phenoxy) is 1. The molecular formula is C15H23N3O2S. The lowest BCUT2D eigenvalue weighted by atomic mass is 9.97. The number of hydrogen-bond acceptors (Lipinski definition) is 5. The number of carbonyl (C=O) groups excluding carboxylic acids is 1. The fourth-order valence-electron chi connectivity index (χ4n) is 2.99. The van der Waals surface area contributed by atoms with Gasteiger partial charge in [0.25, 0.3) is 0 Å². The average molecular weight is 309 g/mol. The van der Waals surface area contributed by atoms with E-state index in [0.29, 0.717) is 12.3 Å². The summed E-state index contributed by atoms with van der Waals surface area (Å²) in [5.74, 6) is 0.615. The van der Waals surface area contributed by atoms with E-state index in [1.54, 1.807) is 11.3 Å². The second kappa shape index (κ2) is 7.33. The summed E-state index contributed by atoms with van der Waals surface area (Å²) in [7, 11) is 0. The first-order valence-corrected chi connectivity index (χ1v) is 8.71. The maximum Gasteiger partial charge on any atom is 0.228 e. The number of amides is 1. The third-order valence-electron chi connectivity index (χ3n) is 4.20. The van der Waals surface area contributed by atoms with Crippen LogP contribution in [0.25, 0.3) is 0 Å². The van der Waals surface area contributed by atoms with E-state index in [0.717, 1.165) is 56.9 Å². The minimum absolute atomic E-state index is 0.0214. The molecule has 21 heavy (non-hydrogen) atoms. The SMILES string of the molecule is O=C(CC1CCCCO1)Nc1ncc(C2CCNCC2)s1. The Morgan fingerprint density at radius 1 is 1.38 bits per heavy atom. The topological polar surface area (TPSA) is 63.2 Å². The zero-order chi connectivity index (χ0) is 14.5. The summed E-state index contributed by atoms with van der Waals surface area (Å²) < 4.78 is 5.60. The Morgan fingerprint density at radius 2 is 2.24 bits per heavy atom. The van der Waals surface area contributed by atoms with E-state index in [1.807, 2.05) is 6.20 Å². The van der Waals surface area contributed by atoms with Gasteiger partial charge >= 0.3 is 0 Å². The predicted octanol–water partition coefficient (Wildman–Crippen LogP) is 2.51. The Hall–Kier alpha value is -0.980. The first kappa shape index (κ1) is 14.9. The summed E-state index contributed by atoms with van der Waals surface area (Å²) in [4.78, 5) is 17.7. The molecule has 0 radical (unpaired) electrons. The van der Waals surface area contributed by atoms with Crippen LogP contribution in [-0.4, -0.2) is 36.7 Å². The molecule has 0 aromatic carbocycles. The number of hydrogen-bond donors (Lipinski definition) is 2. The summed E-state index contributed by atoms with van der Waals surface area (Å²) >= 11 is 1.62. The van der Waals surface area contributed by atoms with Crippen molar-refractivity contribution >= 4 is 22.4 Å². The Labute approximate surface area is 129 Å². The van der Waals surface area contributed by atoms with Crippen LogP contribution < -0.4 is 10.6 Å². The molecule has 6 heteroatoms. The lowest BCUT2D eigenvalue weighted by Gasteiger charge is -2.21. The van der Waals surface area contributed by atoms with Crippen LogP contribution in [0.5, 0.6) is 0 Å². The monoisotopic (exact) mass is 309 g/mol. The van der Waals surface area contributed by atoms with E-state index >= 15 is 0 Å². The van der Waals surface area contributed by atoms with Crippen molar-refractivity contribution in [2.45, 2.75) is 50.5 Å². The van der Waals surface area contributed by atoms with E-state index in [4.69, 9.17) is 4.74 Å². The number of anilines is 1. The number of aromatic nitrogens is 1. The number of carbonyl (C=O) groups is 1. The van der Waals surface area contributed by atoms with Crippen LogP contribution >= 0.6 is 11.3 Å². The number of nitrogens with one attached hydrogen (secondary N) is 2. The highest BCUT2D eigenvalue weighted by molar-refractivity contribution is 7.15. The molecule has 0 bridgehead atoms. The zero-order valence-corrected chi connectivity index (χ0v) is 13.1. The van der Waals surface area contributed by atoms with E-state index in [-0.39, 0.29) is 12.0 Å². The quantitative estimate of drug-likeness (QED) is 0.897. The lowest BCUT2D eigenvalue weighted by molar-refractivity contribution is -0.119. The Morgan fingerprint density at radius 3 is 3.00 bits per heavy atom. The lowest BCUT2D eigenvalue weighted by Crippen LogP contribution is -2.26. The second-order valence-corrected chi connectivity index (χ2v) is 6.90. The number of nitrogens with zero attached hydrogens (tertiary/aromatic N) is 1. The smallest absolute Gasteiger partial charge is 0.228 e. The number of rotatable bonds is 4. The second-order valence-electron chi connectivity index (χ2n) is 5.83. The molecule has 1 amide bonds. The Kier molecular flexibility index (Phi) is 5.22. The Bertz CT molecular complexity index is 465. The molecule has 5 nitrogen and oxygen atoms in total. The van der Waals surface area contributed by atoms with Gasteiger partial charge in [0.15, 0.2) is 5.13 Å². The van der Waals surface area contributed by atoms with Crippen molar-refractivity contribution < 1.29 is 9.53 Å². The van der Waals surface area contributed by atoms with Crippen molar-refractivity contribution in [2.75, 3.05) is 25.0 Å². The molecule has 1 aromatic heterocycles. The van der Waals surface area contributed by atoms with Gasteiger partial charge < -0.3 is 15.4 Å². The van der Waals surface area contributed by atoms with Crippen LogP contribution in [0.4, 0.5) is 5.13 Å². The molecule has 116 valence electrons. The van der Waals surface area contributed by atoms with E-state index < -0.39 is 0 Å². The van der Waals surface area contributed by atoms with Crippen LogP contribution in [0, 0.1) is 0 Å². The molecule has 3 rings (SSSR count). The number of thiazole rings is 1. The summed E-state index contributed by atoms with van der Waals surface area (Å²) in [6, 6.07) is 0. The molecule has 0 aliphatic carbocycles. The molecule has 0 spiro atoms. The maximum absolute atomic E-state index is 12.0.